The summed E-state index contributed by atoms with van der Waals surface area (Å²) < 4.78 is 0. The molecule has 0 radical (unpaired) electrons. The van der Waals surface area contributed by atoms with E-state index >= 15 is 0 Å². The average molecular weight is 440 g/mol. The van der Waals surface area contributed by atoms with Crippen LogP contribution in [-0.2, 0) is 11.3 Å². The molecule has 0 N–H and O–H groups in total. The normalized spacial score (nSPS) is 16.7. The van der Waals surface area contributed by atoms with E-state index in [0.717, 1.165) is 18.4 Å². The highest BCUT2D eigenvalue weighted by atomic mass is 35.5. The number of hydrogen-bond acceptors (Lipinski definition) is 2. The number of likely N-dealkylation sites (tertiary alicyclic amines) is 1. The maximum Gasteiger partial charge on any atom is 0.253 e. The Morgan fingerprint density at radius 3 is 2.54 bits per heavy atom. The predicted octanol–water partition coefficient (Wildman–Crippen LogP) is 5.16. The molecule has 0 saturated carbocycles. The fourth-order valence-corrected chi connectivity index (χ4v) is 3.94. The molecular weight excluding hydrogens is 419 g/mol. The van der Waals surface area contributed by atoms with Gasteiger partial charge >= 0.3 is 0 Å². The quantitative estimate of drug-likeness (QED) is 0.660. The Hall–Kier alpha value is -1.75. The Kier molecular flexibility index (Phi) is 6.86. The largest absolute Gasteiger partial charge is 0.341 e. The molecule has 1 unspecified atom stereocenters. The van der Waals surface area contributed by atoms with Gasteiger partial charge in [0.2, 0.25) is 5.91 Å². The fraction of sp³-hybridized carbons (Fsp3) is 0.333. The standard InChI is InChI=1S/C21H21Cl3N2O2/c1-25(12-15-5-2-3-7-17(15)22)20(27)16-6-4-10-26(13-16)21(28)14-8-9-18(23)19(24)11-14/h2-3,5,7-9,11,16H,4,6,10,12-13H2,1H3. The number of nitrogens with zero attached hydrogens (tertiary/aromatic N) is 2. The van der Waals surface area contributed by atoms with Crippen molar-refractivity contribution in [2.75, 3.05) is 20.1 Å². The van der Waals surface area contributed by atoms with Crippen LogP contribution < -0.4 is 0 Å². The van der Waals surface area contributed by atoms with E-state index in [-0.39, 0.29) is 17.7 Å². The van der Waals surface area contributed by atoms with E-state index in [1.54, 1.807) is 35.0 Å². The summed E-state index contributed by atoms with van der Waals surface area (Å²) in [6.45, 7) is 1.46. The van der Waals surface area contributed by atoms with Gasteiger partial charge in [0, 0.05) is 37.3 Å². The van der Waals surface area contributed by atoms with E-state index < -0.39 is 0 Å². The van der Waals surface area contributed by atoms with Gasteiger partial charge in [0.1, 0.15) is 0 Å². The molecule has 7 heteroatoms. The first-order valence-electron chi connectivity index (χ1n) is 9.09. The highest BCUT2D eigenvalue weighted by Crippen LogP contribution is 2.26. The van der Waals surface area contributed by atoms with E-state index in [4.69, 9.17) is 34.8 Å². The Bertz CT molecular complexity index is 888. The number of hydrogen-bond donors (Lipinski definition) is 0. The van der Waals surface area contributed by atoms with Crippen LogP contribution in [0.3, 0.4) is 0 Å². The molecule has 0 spiro atoms. The van der Waals surface area contributed by atoms with Crippen molar-refractivity contribution in [2.24, 2.45) is 5.92 Å². The second kappa shape index (κ2) is 9.17. The molecule has 1 saturated heterocycles. The summed E-state index contributed by atoms with van der Waals surface area (Å²) in [5.74, 6) is -0.343. The summed E-state index contributed by atoms with van der Waals surface area (Å²) in [7, 11) is 1.77. The monoisotopic (exact) mass is 438 g/mol. The van der Waals surface area contributed by atoms with Gasteiger partial charge in [0.15, 0.2) is 0 Å². The summed E-state index contributed by atoms with van der Waals surface area (Å²) in [5, 5.41) is 1.39. The molecule has 1 fully saturated rings. The van der Waals surface area contributed by atoms with Crippen LogP contribution in [-0.4, -0.2) is 41.8 Å². The van der Waals surface area contributed by atoms with Crippen molar-refractivity contribution in [3.63, 3.8) is 0 Å². The molecule has 1 heterocycles. The van der Waals surface area contributed by atoms with Crippen LogP contribution in [0, 0.1) is 5.92 Å². The number of carbonyl (C=O) groups excluding carboxylic acids is 2. The van der Waals surface area contributed by atoms with E-state index in [0.29, 0.717) is 40.3 Å². The van der Waals surface area contributed by atoms with E-state index in [2.05, 4.69) is 0 Å². The second-order valence-electron chi connectivity index (χ2n) is 7.00. The van der Waals surface area contributed by atoms with Gasteiger partial charge in [0.05, 0.1) is 16.0 Å². The first kappa shape index (κ1) is 21.0. The van der Waals surface area contributed by atoms with E-state index in [1.165, 1.54) is 0 Å². The van der Waals surface area contributed by atoms with Crippen molar-refractivity contribution in [2.45, 2.75) is 19.4 Å². The zero-order valence-electron chi connectivity index (χ0n) is 15.5. The maximum absolute atomic E-state index is 12.9. The summed E-state index contributed by atoms with van der Waals surface area (Å²) in [4.78, 5) is 29.1. The minimum absolute atomic E-state index is 0.0200. The molecule has 1 aliphatic heterocycles. The summed E-state index contributed by atoms with van der Waals surface area (Å²) in [5.41, 5.74) is 1.38. The minimum atomic E-state index is -0.229. The lowest BCUT2D eigenvalue weighted by Gasteiger charge is -2.34. The van der Waals surface area contributed by atoms with Gasteiger partial charge in [-0.3, -0.25) is 9.59 Å². The topological polar surface area (TPSA) is 40.6 Å². The van der Waals surface area contributed by atoms with Crippen LogP contribution in [0.15, 0.2) is 42.5 Å². The summed E-state index contributed by atoms with van der Waals surface area (Å²) >= 11 is 18.2. The molecule has 2 aromatic rings. The maximum atomic E-state index is 12.9. The molecule has 148 valence electrons. The smallest absolute Gasteiger partial charge is 0.253 e. The molecule has 0 aromatic heterocycles. The number of carbonyl (C=O) groups is 2. The Labute approximate surface area is 180 Å². The SMILES string of the molecule is CN(Cc1ccccc1Cl)C(=O)C1CCCN(C(=O)c2ccc(Cl)c(Cl)c2)C1. The number of amides is 2. The molecule has 1 atom stereocenters. The van der Waals surface area contributed by atoms with Gasteiger partial charge in [0.25, 0.3) is 5.91 Å². The van der Waals surface area contributed by atoms with Crippen molar-refractivity contribution in [3.05, 3.63) is 68.7 Å². The third-order valence-corrected chi connectivity index (χ3v) is 6.07. The van der Waals surface area contributed by atoms with Crippen LogP contribution in [0.1, 0.15) is 28.8 Å². The number of rotatable bonds is 4. The molecule has 28 heavy (non-hydrogen) atoms. The molecular formula is C21H21Cl3N2O2. The van der Waals surface area contributed by atoms with Crippen molar-refractivity contribution in [3.8, 4) is 0 Å². The molecule has 2 aromatic carbocycles. The Balaban J connectivity index is 1.66. The molecule has 0 aliphatic carbocycles. The van der Waals surface area contributed by atoms with Crippen LogP contribution in [0.25, 0.3) is 0 Å². The molecule has 4 nitrogen and oxygen atoms in total. The first-order valence-corrected chi connectivity index (χ1v) is 10.2. The lowest BCUT2D eigenvalue weighted by Crippen LogP contribution is -2.45. The van der Waals surface area contributed by atoms with Gasteiger partial charge in [-0.25, -0.2) is 0 Å². The van der Waals surface area contributed by atoms with Crippen LogP contribution in [0.4, 0.5) is 0 Å². The Morgan fingerprint density at radius 2 is 1.82 bits per heavy atom. The molecule has 0 bridgehead atoms. The molecule has 3 rings (SSSR count). The van der Waals surface area contributed by atoms with Crippen molar-refractivity contribution in [1.82, 2.24) is 9.80 Å². The number of piperidine rings is 1. The zero-order valence-corrected chi connectivity index (χ0v) is 17.8. The van der Waals surface area contributed by atoms with Crippen LogP contribution in [0.2, 0.25) is 15.1 Å². The van der Waals surface area contributed by atoms with Crippen LogP contribution in [0.5, 0.6) is 0 Å². The van der Waals surface area contributed by atoms with Gasteiger partial charge in [-0.1, -0.05) is 53.0 Å². The first-order chi connectivity index (χ1) is 13.4. The third kappa shape index (κ3) is 4.80. The van der Waals surface area contributed by atoms with E-state index in [1.807, 2.05) is 24.3 Å². The summed E-state index contributed by atoms with van der Waals surface area (Å²) in [6.07, 6.45) is 1.54. The lowest BCUT2D eigenvalue weighted by molar-refractivity contribution is -0.136. The third-order valence-electron chi connectivity index (χ3n) is 4.97. The van der Waals surface area contributed by atoms with Gasteiger partial charge in [-0.2, -0.15) is 0 Å². The Morgan fingerprint density at radius 1 is 1.07 bits per heavy atom. The van der Waals surface area contributed by atoms with Crippen molar-refractivity contribution in [1.29, 1.82) is 0 Å². The van der Waals surface area contributed by atoms with Gasteiger partial charge in [-0.15, -0.1) is 0 Å². The summed E-state index contributed by atoms with van der Waals surface area (Å²) in [6, 6.07) is 12.3. The highest BCUT2D eigenvalue weighted by Gasteiger charge is 2.31. The highest BCUT2D eigenvalue weighted by molar-refractivity contribution is 6.42. The lowest BCUT2D eigenvalue weighted by atomic mass is 9.95. The fourth-order valence-electron chi connectivity index (χ4n) is 3.45. The molecule has 2 amide bonds. The van der Waals surface area contributed by atoms with Gasteiger partial charge < -0.3 is 9.80 Å². The number of halogens is 3. The average Bonchev–Trinajstić information content (AvgIpc) is 2.70. The van der Waals surface area contributed by atoms with Gasteiger partial charge in [-0.05, 0) is 42.7 Å². The predicted molar refractivity (Wildman–Crippen MR) is 113 cm³/mol. The van der Waals surface area contributed by atoms with Crippen molar-refractivity contribution < 1.29 is 9.59 Å². The zero-order chi connectivity index (χ0) is 20.3. The molecule has 1 aliphatic rings. The van der Waals surface area contributed by atoms with E-state index in [9.17, 15) is 9.59 Å². The number of benzene rings is 2. The second-order valence-corrected chi connectivity index (χ2v) is 8.23. The van der Waals surface area contributed by atoms with Crippen molar-refractivity contribution >= 4 is 46.6 Å². The minimum Gasteiger partial charge on any atom is -0.341 e. The van der Waals surface area contributed by atoms with Crippen LogP contribution >= 0.6 is 34.8 Å².